The van der Waals surface area contributed by atoms with E-state index in [0.717, 1.165) is 0 Å². The topological polar surface area (TPSA) is 32.7 Å². The summed E-state index contributed by atoms with van der Waals surface area (Å²) < 4.78 is 45.1. The summed E-state index contributed by atoms with van der Waals surface area (Å²) in [5.41, 5.74) is -0.881. The van der Waals surface area contributed by atoms with Crippen molar-refractivity contribution in [1.82, 2.24) is 4.90 Å². The van der Waals surface area contributed by atoms with E-state index in [0.29, 0.717) is 0 Å². The van der Waals surface area contributed by atoms with Crippen LogP contribution in [0.2, 0.25) is 0 Å². The number of halogens is 3. The first-order chi connectivity index (χ1) is 8.73. The molecule has 20 heavy (non-hydrogen) atoms. The lowest BCUT2D eigenvalue weighted by Crippen LogP contribution is -2.52. The van der Waals surface area contributed by atoms with Crippen LogP contribution in [-0.4, -0.2) is 46.7 Å². The summed E-state index contributed by atoms with van der Waals surface area (Å²) in [6, 6.07) is -2.22. The van der Waals surface area contributed by atoms with Crippen LogP contribution >= 0.6 is 0 Å². The third-order valence-corrected chi connectivity index (χ3v) is 3.57. The maximum Gasteiger partial charge on any atom is 0.406 e. The molecule has 3 unspecified atom stereocenters. The molecule has 0 aromatic heterocycles. The van der Waals surface area contributed by atoms with Crippen molar-refractivity contribution in [2.24, 2.45) is 5.41 Å². The van der Waals surface area contributed by atoms with Crippen LogP contribution in [0.25, 0.3) is 0 Å². The SMILES string of the molecule is CC(C)(C)OCN1C(C(C)(C)C)CC(O)C1C(F)(F)F. The minimum absolute atomic E-state index is 0.112. The summed E-state index contributed by atoms with van der Waals surface area (Å²) in [7, 11) is 0. The van der Waals surface area contributed by atoms with Gasteiger partial charge in [0.25, 0.3) is 0 Å². The van der Waals surface area contributed by atoms with Crippen molar-refractivity contribution in [3.8, 4) is 0 Å². The van der Waals surface area contributed by atoms with Gasteiger partial charge in [-0.1, -0.05) is 20.8 Å². The first-order valence-corrected chi connectivity index (χ1v) is 6.88. The van der Waals surface area contributed by atoms with Crippen LogP contribution in [0, 0.1) is 5.41 Å². The highest BCUT2D eigenvalue weighted by atomic mass is 19.4. The highest BCUT2D eigenvalue weighted by Crippen LogP contribution is 2.42. The van der Waals surface area contributed by atoms with E-state index in [1.807, 2.05) is 20.8 Å². The maximum atomic E-state index is 13.2. The molecular formula is C14H26F3NO2. The molecule has 6 heteroatoms. The smallest absolute Gasteiger partial charge is 0.391 e. The molecule has 1 aliphatic heterocycles. The Kier molecular flexibility index (Phi) is 4.84. The predicted octanol–water partition coefficient (Wildman–Crippen LogP) is 3.17. The number of hydrogen-bond acceptors (Lipinski definition) is 3. The van der Waals surface area contributed by atoms with Crippen LogP contribution in [0.3, 0.4) is 0 Å². The van der Waals surface area contributed by atoms with Crippen molar-refractivity contribution >= 4 is 0 Å². The lowest BCUT2D eigenvalue weighted by molar-refractivity contribution is -0.216. The Hall–Kier alpha value is -0.330. The Morgan fingerprint density at radius 1 is 1.10 bits per heavy atom. The van der Waals surface area contributed by atoms with Gasteiger partial charge in [0.05, 0.1) is 11.7 Å². The Labute approximate surface area is 119 Å². The molecule has 0 saturated carbocycles. The van der Waals surface area contributed by atoms with E-state index in [4.69, 9.17) is 4.74 Å². The van der Waals surface area contributed by atoms with E-state index in [1.165, 1.54) is 4.90 Å². The Morgan fingerprint density at radius 3 is 1.95 bits per heavy atom. The van der Waals surface area contributed by atoms with Gasteiger partial charge in [-0.25, -0.2) is 0 Å². The molecule has 0 aliphatic carbocycles. The monoisotopic (exact) mass is 297 g/mol. The second-order valence-electron chi connectivity index (χ2n) is 7.57. The van der Waals surface area contributed by atoms with Crippen LogP contribution in [0.5, 0.6) is 0 Å². The summed E-state index contributed by atoms with van der Waals surface area (Å²) in [5.74, 6) is 0. The molecule has 1 aliphatic rings. The average Bonchev–Trinajstić information content (AvgIpc) is 2.49. The van der Waals surface area contributed by atoms with Crippen LogP contribution < -0.4 is 0 Å². The molecule has 0 radical (unpaired) electrons. The third-order valence-electron chi connectivity index (χ3n) is 3.57. The second-order valence-corrected chi connectivity index (χ2v) is 7.57. The third kappa shape index (κ3) is 4.33. The van der Waals surface area contributed by atoms with E-state index in [9.17, 15) is 18.3 Å². The van der Waals surface area contributed by atoms with Gasteiger partial charge in [-0.3, -0.25) is 4.90 Å². The number of likely N-dealkylation sites (tertiary alicyclic amines) is 1. The van der Waals surface area contributed by atoms with Gasteiger partial charge in [0, 0.05) is 6.04 Å². The Balaban J connectivity index is 2.99. The van der Waals surface area contributed by atoms with Crippen LogP contribution in [0.4, 0.5) is 13.2 Å². The molecular weight excluding hydrogens is 271 g/mol. The fourth-order valence-corrected chi connectivity index (χ4v) is 2.60. The van der Waals surface area contributed by atoms with E-state index >= 15 is 0 Å². The molecule has 0 aromatic carbocycles. The number of hydrogen-bond donors (Lipinski definition) is 1. The van der Waals surface area contributed by atoms with Gasteiger partial charge >= 0.3 is 6.18 Å². The van der Waals surface area contributed by atoms with E-state index in [1.54, 1.807) is 20.8 Å². The van der Waals surface area contributed by atoms with Crippen LogP contribution in [0.1, 0.15) is 48.0 Å². The van der Waals surface area contributed by atoms with Gasteiger partial charge < -0.3 is 9.84 Å². The summed E-state index contributed by atoms with van der Waals surface area (Å²) in [5, 5.41) is 9.84. The summed E-state index contributed by atoms with van der Waals surface area (Å²) in [6.07, 6.45) is -5.75. The minimum Gasteiger partial charge on any atom is -0.391 e. The van der Waals surface area contributed by atoms with Crippen molar-refractivity contribution in [3.05, 3.63) is 0 Å². The lowest BCUT2D eigenvalue weighted by Gasteiger charge is -2.39. The Bertz CT molecular complexity index is 331. The van der Waals surface area contributed by atoms with Gasteiger partial charge in [-0.2, -0.15) is 13.2 Å². The second kappa shape index (κ2) is 5.46. The molecule has 0 bridgehead atoms. The van der Waals surface area contributed by atoms with Crippen molar-refractivity contribution in [3.63, 3.8) is 0 Å². The van der Waals surface area contributed by atoms with Gasteiger partial charge in [0.15, 0.2) is 0 Å². The number of nitrogens with zero attached hydrogens (tertiary/aromatic N) is 1. The molecule has 1 N–H and O–H groups in total. The molecule has 3 atom stereocenters. The number of aliphatic hydroxyl groups is 1. The molecule has 1 saturated heterocycles. The number of rotatable bonds is 2. The highest BCUT2D eigenvalue weighted by Gasteiger charge is 2.56. The summed E-state index contributed by atoms with van der Waals surface area (Å²) >= 11 is 0. The van der Waals surface area contributed by atoms with Gasteiger partial charge in [0.2, 0.25) is 0 Å². The largest absolute Gasteiger partial charge is 0.406 e. The Morgan fingerprint density at radius 2 is 1.60 bits per heavy atom. The minimum atomic E-state index is -4.46. The van der Waals surface area contributed by atoms with E-state index in [2.05, 4.69) is 0 Å². The van der Waals surface area contributed by atoms with Crippen molar-refractivity contribution in [2.45, 2.75) is 77.9 Å². The number of alkyl halides is 3. The summed E-state index contributed by atoms with van der Waals surface area (Å²) in [6.45, 7) is 10.9. The van der Waals surface area contributed by atoms with Gasteiger partial charge in [-0.15, -0.1) is 0 Å². The number of aliphatic hydroxyl groups excluding tert-OH is 1. The molecule has 1 fully saturated rings. The first-order valence-electron chi connectivity index (χ1n) is 6.88. The molecule has 0 amide bonds. The number of ether oxygens (including phenoxy) is 1. The lowest BCUT2D eigenvalue weighted by atomic mass is 9.85. The fraction of sp³-hybridized carbons (Fsp3) is 1.00. The molecule has 120 valence electrons. The van der Waals surface area contributed by atoms with Crippen molar-refractivity contribution < 1.29 is 23.0 Å². The molecule has 3 nitrogen and oxygen atoms in total. The van der Waals surface area contributed by atoms with Gasteiger partial charge in [0.1, 0.15) is 12.8 Å². The van der Waals surface area contributed by atoms with Crippen molar-refractivity contribution in [2.75, 3.05) is 6.73 Å². The van der Waals surface area contributed by atoms with E-state index in [-0.39, 0.29) is 24.6 Å². The zero-order chi connectivity index (χ0) is 15.9. The van der Waals surface area contributed by atoms with Crippen molar-refractivity contribution in [1.29, 1.82) is 0 Å². The van der Waals surface area contributed by atoms with Crippen LogP contribution in [0.15, 0.2) is 0 Å². The fourth-order valence-electron chi connectivity index (χ4n) is 2.60. The predicted molar refractivity (Wildman–Crippen MR) is 71.3 cm³/mol. The molecule has 0 aromatic rings. The quantitative estimate of drug-likeness (QED) is 0.850. The molecule has 0 spiro atoms. The zero-order valence-electron chi connectivity index (χ0n) is 13.1. The molecule has 1 rings (SSSR count). The highest BCUT2D eigenvalue weighted by molar-refractivity contribution is 5.01. The summed E-state index contributed by atoms with van der Waals surface area (Å²) in [4.78, 5) is 1.26. The van der Waals surface area contributed by atoms with Crippen LogP contribution in [-0.2, 0) is 4.74 Å². The normalized spacial score (nSPS) is 30.0. The first kappa shape index (κ1) is 17.7. The zero-order valence-corrected chi connectivity index (χ0v) is 13.1. The molecule has 1 heterocycles. The average molecular weight is 297 g/mol. The van der Waals surface area contributed by atoms with Gasteiger partial charge in [-0.05, 0) is 32.6 Å². The van der Waals surface area contributed by atoms with E-state index < -0.39 is 23.9 Å². The maximum absolute atomic E-state index is 13.2. The standard InChI is InChI=1S/C14H26F3NO2/c1-12(2,3)10-7-9(19)11(14(15,16)17)18(10)8-20-13(4,5)6/h9-11,19H,7-8H2,1-6H3.